The Bertz CT molecular complexity index is 93.1. The average molecular weight is 127 g/mol. The lowest BCUT2D eigenvalue weighted by molar-refractivity contribution is 0.0858. The molecule has 2 heteroatoms. The van der Waals surface area contributed by atoms with Gasteiger partial charge in [0.25, 0.3) is 0 Å². The molecule has 2 fully saturated rings. The van der Waals surface area contributed by atoms with Gasteiger partial charge in [0.1, 0.15) is 0 Å². The van der Waals surface area contributed by atoms with Crippen LogP contribution in [0.25, 0.3) is 0 Å². The first-order chi connectivity index (χ1) is 4.47. The minimum absolute atomic E-state index is 0.799. The van der Waals surface area contributed by atoms with Crippen LogP contribution in [0.2, 0.25) is 0 Å². The van der Waals surface area contributed by atoms with Crippen LogP contribution in [0.3, 0.4) is 0 Å². The zero-order valence-electron chi connectivity index (χ0n) is 5.60. The SMILES string of the molecule is C1COCC2CCC2N1. The van der Waals surface area contributed by atoms with E-state index in [-0.39, 0.29) is 0 Å². The third kappa shape index (κ3) is 0.970. The van der Waals surface area contributed by atoms with Crippen LogP contribution in [-0.2, 0) is 4.74 Å². The quantitative estimate of drug-likeness (QED) is 0.508. The minimum atomic E-state index is 0.799. The summed E-state index contributed by atoms with van der Waals surface area (Å²) in [6.45, 7) is 2.96. The Morgan fingerprint density at radius 3 is 3.11 bits per heavy atom. The third-order valence-corrected chi connectivity index (χ3v) is 2.40. The summed E-state index contributed by atoms with van der Waals surface area (Å²) in [6.07, 6.45) is 2.74. The van der Waals surface area contributed by atoms with Gasteiger partial charge < -0.3 is 10.1 Å². The Balaban J connectivity index is 1.90. The molecule has 1 saturated heterocycles. The Hall–Kier alpha value is -0.0800. The fourth-order valence-corrected chi connectivity index (χ4v) is 1.59. The molecule has 0 aromatic carbocycles. The first-order valence-electron chi connectivity index (χ1n) is 3.78. The predicted molar refractivity (Wildman–Crippen MR) is 35.3 cm³/mol. The topological polar surface area (TPSA) is 21.3 Å². The second-order valence-corrected chi connectivity index (χ2v) is 2.97. The second-order valence-electron chi connectivity index (χ2n) is 2.97. The van der Waals surface area contributed by atoms with Gasteiger partial charge in [-0.15, -0.1) is 0 Å². The summed E-state index contributed by atoms with van der Waals surface area (Å²) < 4.78 is 5.37. The molecule has 2 rings (SSSR count). The number of hydrogen-bond donors (Lipinski definition) is 1. The predicted octanol–water partition coefficient (Wildman–Crippen LogP) is 0.385. The van der Waals surface area contributed by atoms with E-state index in [1.54, 1.807) is 0 Å². The van der Waals surface area contributed by atoms with Crippen molar-refractivity contribution in [3.8, 4) is 0 Å². The molecule has 2 atom stereocenters. The third-order valence-electron chi connectivity index (χ3n) is 2.40. The smallest absolute Gasteiger partial charge is 0.0591 e. The van der Waals surface area contributed by atoms with Gasteiger partial charge in [-0.2, -0.15) is 0 Å². The number of rotatable bonds is 0. The van der Waals surface area contributed by atoms with E-state index in [1.807, 2.05) is 0 Å². The zero-order chi connectivity index (χ0) is 6.10. The molecule has 0 aromatic heterocycles. The van der Waals surface area contributed by atoms with Crippen molar-refractivity contribution in [2.24, 2.45) is 5.92 Å². The Morgan fingerprint density at radius 1 is 1.33 bits per heavy atom. The summed E-state index contributed by atoms with van der Waals surface area (Å²) in [5.41, 5.74) is 0. The summed E-state index contributed by atoms with van der Waals surface area (Å²) in [7, 11) is 0. The number of hydrogen-bond acceptors (Lipinski definition) is 2. The molecule has 1 saturated carbocycles. The van der Waals surface area contributed by atoms with E-state index in [4.69, 9.17) is 4.74 Å². The van der Waals surface area contributed by atoms with Gasteiger partial charge in [-0.3, -0.25) is 0 Å². The highest BCUT2D eigenvalue weighted by Crippen LogP contribution is 2.28. The van der Waals surface area contributed by atoms with Gasteiger partial charge in [-0.1, -0.05) is 0 Å². The van der Waals surface area contributed by atoms with Gasteiger partial charge in [0.05, 0.1) is 13.2 Å². The molecule has 2 aliphatic rings. The summed E-state index contributed by atoms with van der Waals surface area (Å²) in [5.74, 6) is 0.840. The van der Waals surface area contributed by atoms with E-state index >= 15 is 0 Å². The van der Waals surface area contributed by atoms with Crippen LogP contribution < -0.4 is 5.32 Å². The lowest BCUT2D eigenvalue weighted by atomic mass is 9.80. The molecule has 0 aromatic rings. The maximum Gasteiger partial charge on any atom is 0.0591 e. The molecule has 1 heterocycles. The fraction of sp³-hybridized carbons (Fsp3) is 1.00. The highest BCUT2D eigenvalue weighted by atomic mass is 16.5. The number of nitrogens with one attached hydrogen (secondary N) is 1. The summed E-state index contributed by atoms with van der Waals surface area (Å²) >= 11 is 0. The Morgan fingerprint density at radius 2 is 2.33 bits per heavy atom. The van der Waals surface area contributed by atoms with Crippen molar-refractivity contribution in [1.82, 2.24) is 5.32 Å². The Kier molecular flexibility index (Phi) is 1.44. The van der Waals surface area contributed by atoms with Crippen LogP contribution in [0.4, 0.5) is 0 Å². The lowest BCUT2D eigenvalue weighted by Crippen LogP contribution is -2.44. The number of fused-ring (bicyclic) bond motifs is 1. The van der Waals surface area contributed by atoms with E-state index in [0.29, 0.717) is 0 Å². The molecular weight excluding hydrogens is 114 g/mol. The van der Waals surface area contributed by atoms with Crippen molar-refractivity contribution >= 4 is 0 Å². The van der Waals surface area contributed by atoms with Crippen molar-refractivity contribution in [2.45, 2.75) is 18.9 Å². The molecule has 2 nitrogen and oxygen atoms in total. The lowest BCUT2D eigenvalue weighted by Gasteiger charge is -2.34. The molecule has 1 aliphatic heterocycles. The van der Waals surface area contributed by atoms with Gasteiger partial charge in [0.15, 0.2) is 0 Å². The van der Waals surface area contributed by atoms with Crippen molar-refractivity contribution in [3.05, 3.63) is 0 Å². The van der Waals surface area contributed by atoms with E-state index in [1.165, 1.54) is 12.8 Å². The standard InChI is InChI=1S/C7H13NO/c1-2-7-6(1)5-9-4-3-8-7/h6-8H,1-5H2. The van der Waals surface area contributed by atoms with Crippen LogP contribution in [0.15, 0.2) is 0 Å². The highest BCUT2D eigenvalue weighted by molar-refractivity contribution is 4.87. The van der Waals surface area contributed by atoms with Gasteiger partial charge in [-0.05, 0) is 18.8 Å². The first kappa shape index (κ1) is 5.69. The van der Waals surface area contributed by atoms with Crippen molar-refractivity contribution in [2.75, 3.05) is 19.8 Å². The number of ether oxygens (including phenoxy) is 1. The molecule has 0 bridgehead atoms. The van der Waals surface area contributed by atoms with Crippen LogP contribution >= 0.6 is 0 Å². The molecule has 9 heavy (non-hydrogen) atoms. The van der Waals surface area contributed by atoms with Crippen molar-refractivity contribution in [3.63, 3.8) is 0 Å². The largest absolute Gasteiger partial charge is 0.380 e. The molecule has 1 aliphatic carbocycles. The van der Waals surface area contributed by atoms with E-state index in [9.17, 15) is 0 Å². The van der Waals surface area contributed by atoms with Crippen LogP contribution in [0.1, 0.15) is 12.8 Å². The van der Waals surface area contributed by atoms with E-state index < -0.39 is 0 Å². The van der Waals surface area contributed by atoms with Crippen molar-refractivity contribution in [1.29, 1.82) is 0 Å². The normalized spacial score (nSPS) is 42.7. The molecular formula is C7H13NO. The van der Waals surface area contributed by atoms with Gasteiger partial charge in [0, 0.05) is 12.6 Å². The van der Waals surface area contributed by atoms with Gasteiger partial charge >= 0.3 is 0 Å². The minimum Gasteiger partial charge on any atom is -0.380 e. The van der Waals surface area contributed by atoms with E-state index in [2.05, 4.69) is 5.32 Å². The molecule has 52 valence electrons. The summed E-state index contributed by atoms with van der Waals surface area (Å²) in [4.78, 5) is 0. The molecule has 1 N–H and O–H groups in total. The Labute approximate surface area is 55.6 Å². The van der Waals surface area contributed by atoms with Crippen LogP contribution in [0.5, 0.6) is 0 Å². The van der Waals surface area contributed by atoms with Crippen molar-refractivity contribution < 1.29 is 4.74 Å². The zero-order valence-corrected chi connectivity index (χ0v) is 5.60. The first-order valence-corrected chi connectivity index (χ1v) is 3.78. The fourth-order valence-electron chi connectivity index (χ4n) is 1.59. The molecule has 0 radical (unpaired) electrons. The molecule has 2 unspecified atom stereocenters. The maximum absolute atomic E-state index is 5.37. The monoisotopic (exact) mass is 127 g/mol. The summed E-state index contributed by atoms with van der Waals surface area (Å²) in [6, 6.07) is 0.799. The van der Waals surface area contributed by atoms with Crippen LogP contribution in [-0.4, -0.2) is 25.8 Å². The molecule has 0 amide bonds. The van der Waals surface area contributed by atoms with Gasteiger partial charge in [0.2, 0.25) is 0 Å². The molecule has 0 spiro atoms. The maximum atomic E-state index is 5.37. The summed E-state index contributed by atoms with van der Waals surface area (Å²) in [5, 5.41) is 3.46. The highest BCUT2D eigenvalue weighted by Gasteiger charge is 2.31. The van der Waals surface area contributed by atoms with Gasteiger partial charge in [-0.25, -0.2) is 0 Å². The van der Waals surface area contributed by atoms with Crippen LogP contribution in [0, 0.1) is 5.92 Å². The average Bonchev–Trinajstić information content (AvgIpc) is 1.94. The van der Waals surface area contributed by atoms with E-state index in [0.717, 1.165) is 31.7 Å². The second kappa shape index (κ2) is 2.27.